The molecule has 5 nitrogen and oxygen atoms in total. The van der Waals surface area contributed by atoms with E-state index in [1.54, 1.807) is 23.1 Å². The average molecular weight is 302 g/mol. The fourth-order valence-electron chi connectivity index (χ4n) is 2.16. The van der Waals surface area contributed by atoms with Crippen LogP contribution >= 0.6 is 23.1 Å². The molecule has 0 aromatic carbocycles. The van der Waals surface area contributed by atoms with E-state index in [0.717, 1.165) is 21.8 Å². The third kappa shape index (κ3) is 3.59. The number of nitrogens with one attached hydrogen (secondary N) is 1. The summed E-state index contributed by atoms with van der Waals surface area (Å²) in [4.78, 5) is 1.96. The smallest absolute Gasteiger partial charge is 0.208 e. The van der Waals surface area contributed by atoms with Gasteiger partial charge in [-0.2, -0.15) is 0 Å². The van der Waals surface area contributed by atoms with Crippen molar-refractivity contribution in [3.8, 4) is 0 Å². The maximum atomic E-state index is 9.77. The van der Waals surface area contributed by atoms with E-state index >= 15 is 0 Å². The van der Waals surface area contributed by atoms with Gasteiger partial charge in [-0.3, -0.25) is 0 Å². The molecule has 0 spiro atoms. The van der Waals surface area contributed by atoms with Gasteiger partial charge in [0.1, 0.15) is 0 Å². The number of aromatic nitrogens is 2. The number of likely N-dealkylation sites (N-methyl/N-ethyl adjacent to an activating group) is 1. The lowest BCUT2D eigenvalue weighted by Crippen LogP contribution is -2.52. The van der Waals surface area contributed by atoms with Crippen LogP contribution in [0, 0.1) is 5.92 Å². The Morgan fingerprint density at radius 1 is 1.47 bits per heavy atom. The molecule has 1 aliphatic carbocycles. The van der Waals surface area contributed by atoms with Gasteiger partial charge in [0.25, 0.3) is 0 Å². The molecule has 7 heteroatoms. The number of hydrogen-bond donors (Lipinski definition) is 2. The first kappa shape index (κ1) is 15.0. The third-order valence-electron chi connectivity index (χ3n) is 3.40. The summed E-state index contributed by atoms with van der Waals surface area (Å²) in [6.07, 6.45) is 2.43. The summed E-state index contributed by atoms with van der Waals surface area (Å²) in [6.45, 7) is 3.17. The summed E-state index contributed by atoms with van der Waals surface area (Å²) in [5.41, 5.74) is -0.149. The third-order valence-corrected chi connectivity index (χ3v) is 5.88. The highest BCUT2D eigenvalue weighted by Gasteiger charge is 2.44. The number of hydrogen-bond acceptors (Lipinski definition) is 7. The summed E-state index contributed by atoms with van der Waals surface area (Å²) in [5.74, 6) is 1.45. The molecule has 1 unspecified atom stereocenters. The first-order chi connectivity index (χ1) is 9.11. The van der Waals surface area contributed by atoms with Crippen molar-refractivity contribution in [1.29, 1.82) is 0 Å². The first-order valence-corrected chi connectivity index (χ1v) is 8.41. The van der Waals surface area contributed by atoms with E-state index in [0.29, 0.717) is 5.92 Å². The minimum absolute atomic E-state index is 0.149. The molecule has 1 aromatic rings. The second-order valence-electron chi connectivity index (χ2n) is 5.15. The summed E-state index contributed by atoms with van der Waals surface area (Å²) in [5, 5.41) is 22.5. The highest BCUT2D eigenvalue weighted by molar-refractivity contribution is 8.01. The Bertz CT molecular complexity index is 408. The number of aliphatic hydroxyl groups is 1. The van der Waals surface area contributed by atoms with Crippen molar-refractivity contribution in [1.82, 2.24) is 15.5 Å². The van der Waals surface area contributed by atoms with Gasteiger partial charge in [-0.15, -0.1) is 10.2 Å². The molecule has 0 amide bonds. The second kappa shape index (κ2) is 6.39. The predicted molar refractivity (Wildman–Crippen MR) is 81.2 cm³/mol. The molecule has 0 aliphatic heterocycles. The van der Waals surface area contributed by atoms with Crippen LogP contribution in [0.1, 0.15) is 19.8 Å². The van der Waals surface area contributed by atoms with Crippen LogP contribution in [0.3, 0.4) is 0 Å². The molecule has 0 radical (unpaired) electrons. The van der Waals surface area contributed by atoms with Gasteiger partial charge in [0.15, 0.2) is 4.34 Å². The average Bonchev–Trinajstić information content (AvgIpc) is 3.13. The molecular formula is C12H22N4OS2. The van der Waals surface area contributed by atoms with Crippen molar-refractivity contribution in [2.75, 3.05) is 37.9 Å². The minimum Gasteiger partial charge on any atom is -0.394 e. The number of rotatable bonds is 8. The normalized spacial score (nSPS) is 18.3. The zero-order valence-electron chi connectivity index (χ0n) is 11.7. The molecule has 1 aliphatic rings. The van der Waals surface area contributed by atoms with E-state index < -0.39 is 0 Å². The Morgan fingerprint density at radius 2 is 2.21 bits per heavy atom. The summed E-state index contributed by atoms with van der Waals surface area (Å²) in [6, 6.07) is 0. The van der Waals surface area contributed by atoms with Gasteiger partial charge in [-0.05, 0) is 25.3 Å². The molecule has 0 saturated heterocycles. The van der Waals surface area contributed by atoms with Crippen molar-refractivity contribution in [3.63, 3.8) is 0 Å². The van der Waals surface area contributed by atoms with E-state index in [1.165, 1.54) is 12.8 Å². The maximum absolute atomic E-state index is 9.77. The van der Waals surface area contributed by atoms with Crippen molar-refractivity contribution in [2.24, 2.45) is 5.92 Å². The van der Waals surface area contributed by atoms with Crippen molar-refractivity contribution >= 4 is 28.2 Å². The number of anilines is 1. The van der Waals surface area contributed by atoms with Crippen LogP contribution in [0.25, 0.3) is 0 Å². The molecule has 0 bridgehead atoms. The van der Waals surface area contributed by atoms with E-state index in [4.69, 9.17) is 0 Å². The van der Waals surface area contributed by atoms with Gasteiger partial charge in [0.05, 0.1) is 12.1 Å². The molecule has 1 heterocycles. The summed E-state index contributed by atoms with van der Waals surface area (Å²) < 4.78 is 0.972. The zero-order valence-corrected chi connectivity index (χ0v) is 13.4. The van der Waals surface area contributed by atoms with Gasteiger partial charge in [-0.1, -0.05) is 30.0 Å². The maximum Gasteiger partial charge on any atom is 0.208 e. The molecule has 1 saturated carbocycles. The fraction of sp³-hybridized carbons (Fsp3) is 0.833. The first-order valence-electron chi connectivity index (χ1n) is 6.61. The molecule has 2 rings (SSSR count). The molecule has 2 N–H and O–H groups in total. The van der Waals surface area contributed by atoms with Crippen LogP contribution in [0.15, 0.2) is 4.34 Å². The fourth-order valence-corrected chi connectivity index (χ4v) is 4.21. The quantitative estimate of drug-likeness (QED) is 0.709. The van der Waals surface area contributed by atoms with E-state index in [1.807, 2.05) is 19.0 Å². The summed E-state index contributed by atoms with van der Waals surface area (Å²) >= 11 is 3.29. The van der Waals surface area contributed by atoms with Gasteiger partial charge in [0.2, 0.25) is 5.13 Å². The Morgan fingerprint density at radius 3 is 2.68 bits per heavy atom. The lowest BCUT2D eigenvalue weighted by atomic mass is 9.97. The van der Waals surface area contributed by atoms with Crippen LogP contribution in [0.4, 0.5) is 5.13 Å². The Labute approximate surface area is 122 Å². The van der Waals surface area contributed by atoms with Crippen LogP contribution in [-0.2, 0) is 0 Å². The molecule has 19 heavy (non-hydrogen) atoms. The van der Waals surface area contributed by atoms with Crippen LogP contribution in [0.2, 0.25) is 0 Å². The number of aliphatic hydroxyl groups excluding tert-OH is 1. The number of thioether (sulfide) groups is 1. The predicted octanol–water partition coefficient (Wildman–Crippen LogP) is 1.45. The highest BCUT2D eigenvalue weighted by atomic mass is 32.2. The number of nitrogens with zero attached hydrogens (tertiary/aromatic N) is 3. The topological polar surface area (TPSA) is 61.3 Å². The van der Waals surface area contributed by atoms with E-state index in [2.05, 4.69) is 22.4 Å². The Balaban J connectivity index is 1.97. The SMILES string of the molecule is CCNC(CO)(CSc1nnc(N(C)C)s1)C1CC1. The minimum atomic E-state index is -0.149. The van der Waals surface area contributed by atoms with Crippen LogP contribution in [-0.4, -0.2) is 53.8 Å². The van der Waals surface area contributed by atoms with Gasteiger partial charge in [-0.25, -0.2) is 0 Å². The van der Waals surface area contributed by atoms with Crippen molar-refractivity contribution in [3.05, 3.63) is 0 Å². The highest BCUT2D eigenvalue weighted by Crippen LogP contribution is 2.42. The molecule has 1 fully saturated rings. The van der Waals surface area contributed by atoms with Crippen molar-refractivity contribution in [2.45, 2.75) is 29.6 Å². The second-order valence-corrected chi connectivity index (χ2v) is 7.33. The Kier molecular flexibility index (Phi) is 5.05. The molecular weight excluding hydrogens is 280 g/mol. The van der Waals surface area contributed by atoms with Gasteiger partial charge < -0.3 is 15.3 Å². The lowest BCUT2D eigenvalue weighted by Gasteiger charge is -2.32. The Hall–Kier alpha value is -0.370. The van der Waals surface area contributed by atoms with E-state index in [9.17, 15) is 5.11 Å². The molecule has 108 valence electrons. The van der Waals surface area contributed by atoms with Crippen LogP contribution in [0.5, 0.6) is 0 Å². The molecule has 1 atom stereocenters. The zero-order chi connectivity index (χ0) is 13.9. The monoisotopic (exact) mass is 302 g/mol. The standard InChI is InChI=1S/C12H22N4OS2/c1-4-13-12(7-17,9-5-6-9)8-18-11-15-14-10(19-11)16(2)3/h9,13,17H,4-8H2,1-3H3. The van der Waals surface area contributed by atoms with E-state index in [-0.39, 0.29) is 12.1 Å². The largest absolute Gasteiger partial charge is 0.394 e. The van der Waals surface area contributed by atoms with Gasteiger partial charge in [0, 0.05) is 19.8 Å². The lowest BCUT2D eigenvalue weighted by molar-refractivity contribution is 0.161. The molecule has 1 aromatic heterocycles. The van der Waals surface area contributed by atoms with Gasteiger partial charge >= 0.3 is 0 Å². The summed E-state index contributed by atoms with van der Waals surface area (Å²) in [7, 11) is 3.94. The van der Waals surface area contributed by atoms with Crippen molar-refractivity contribution < 1.29 is 5.11 Å². The van der Waals surface area contributed by atoms with Crippen LogP contribution < -0.4 is 10.2 Å².